The summed E-state index contributed by atoms with van der Waals surface area (Å²) in [7, 11) is 0. The molecule has 2 unspecified atom stereocenters. The normalized spacial score (nSPS) is 14.7. The number of nitrogens with two attached hydrogens (primary N) is 1. The van der Waals surface area contributed by atoms with Gasteiger partial charge < -0.3 is 5.73 Å². The second-order valence-electron chi connectivity index (χ2n) is 5.46. The first-order chi connectivity index (χ1) is 7.95. The summed E-state index contributed by atoms with van der Waals surface area (Å²) in [6.45, 7) is 11.1. The van der Waals surface area contributed by atoms with E-state index in [1.54, 1.807) is 0 Å². The molecule has 1 nitrogen and oxygen atoms in total. The van der Waals surface area contributed by atoms with E-state index in [4.69, 9.17) is 5.73 Å². The van der Waals surface area contributed by atoms with Crippen LogP contribution in [0.15, 0.2) is 12.1 Å². The summed E-state index contributed by atoms with van der Waals surface area (Å²) in [4.78, 5) is 0. The van der Waals surface area contributed by atoms with Gasteiger partial charge in [-0.15, -0.1) is 0 Å². The third kappa shape index (κ3) is 3.85. The molecule has 1 aromatic carbocycles. The van der Waals surface area contributed by atoms with Crippen LogP contribution in [-0.2, 0) is 0 Å². The second-order valence-corrected chi connectivity index (χ2v) is 5.46. The molecule has 0 radical (unpaired) electrons. The monoisotopic (exact) mass is 233 g/mol. The van der Waals surface area contributed by atoms with Crippen molar-refractivity contribution in [3.8, 4) is 0 Å². The van der Waals surface area contributed by atoms with Gasteiger partial charge in [0.2, 0.25) is 0 Å². The zero-order valence-electron chi connectivity index (χ0n) is 12.0. The van der Waals surface area contributed by atoms with E-state index in [0.29, 0.717) is 12.0 Å². The lowest BCUT2D eigenvalue weighted by atomic mass is 9.87. The molecule has 0 aliphatic rings. The van der Waals surface area contributed by atoms with Gasteiger partial charge in [0, 0.05) is 6.04 Å². The molecule has 17 heavy (non-hydrogen) atoms. The topological polar surface area (TPSA) is 26.0 Å². The number of aryl methyl sites for hydroxylation is 3. The maximum Gasteiger partial charge on any atom is 0.00364 e. The highest BCUT2D eigenvalue weighted by Gasteiger charge is 2.13. The minimum absolute atomic E-state index is 0.364. The molecule has 2 N–H and O–H groups in total. The molecule has 1 rings (SSSR count). The number of hydrogen-bond acceptors (Lipinski definition) is 1. The molecule has 96 valence electrons. The third-order valence-electron chi connectivity index (χ3n) is 3.73. The third-order valence-corrected chi connectivity index (χ3v) is 3.73. The van der Waals surface area contributed by atoms with Crippen LogP contribution in [0, 0.1) is 20.8 Å². The van der Waals surface area contributed by atoms with Crippen LogP contribution in [-0.4, -0.2) is 6.04 Å². The van der Waals surface area contributed by atoms with Crippen molar-refractivity contribution in [2.75, 3.05) is 0 Å². The average molecular weight is 233 g/mol. The lowest BCUT2D eigenvalue weighted by Gasteiger charge is -2.20. The number of benzene rings is 1. The Labute approximate surface area is 106 Å². The second kappa shape index (κ2) is 6.20. The van der Waals surface area contributed by atoms with Crippen molar-refractivity contribution in [1.29, 1.82) is 0 Å². The summed E-state index contributed by atoms with van der Waals surface area (Å²) in [6, 6.07) is 4.94. The molecule has 0 spiro atoms. The molecule has 2 atom stereocenters. The zero-order valence-corrected chi connectivity index (χ0v) is 12.0. The molecule has 0 heterocycles. The Kier molecular flexibility index (Phi) is 5.20. The summed E-state index contributed by atoms with van der Waals surface area (Å²) in [5.74, 6) is 0.619. The van der Waals surface area contributed by atoms with Crippen molar-refractivity contribution in [2.45, 2.75) is 65.8 Å². The SMILES string of the molecule is CCC(N)CCC(C)c1c(C)cc(C)cc1C. The van der Waals surface area contributed by atoms with Crippen molar-refractivity contribution in [1.82, 2.24) is 0 Å². The van der Waals surface area contributed by atoms with Gasteiger partial charge in [0.05, 0.1) is 0 Å². The van der Waals surface area contributed by atoms with E-state index < -0.39 is 0 Å². The summed E-state index contributed by atoms with van der Waals surface area (Å²) < 4.78 is 0. The largest absolute Gasteiger partial charge is 0.328 e. The molecule has 0 saturated carbocycles. The van der Waals surface area contributed by atoms with Crippen molar-refractivity contribution in [3.05, 3.63) is 34.4 Å². The van der Waals surface area contributed by atoms with Crippen LogP contribution >= 0.6 is 0 Å². The molecule has 0 aliphatic heterocycles. The number of hydrogen-bond donors (Lipinski definition) is 1. The van der Waals surface area contributed by atoms with E-state index in [2.05, 4.69) is 46.8 Å². The first-order valence-electron chi connectivity index (χ1n) is 6.79. The molecular formula is C16H27N. The first kappa shape index (κ1) is 14.2. The maximum absolute atomic E-state index is 6.00. The Bertz CT molecular complexity index is 345. The Hall–Kier alpha value is -0.820. The van der Waals surface area contributed by atoms with Crippen molar-refractivity contribution in [3.63, 3.8) is 0 Å². The van der Waals surface area contributed by atoms with Gasteiger partial charge in [0.25, 0.3) is 0 Å². The molecule has 0 fully saturated rings. The summed E-state index contributed by atoms with van der Waals surface area (Å²) in [5.41, 5.74) is 11.7. The van der Waals surface area contributed by atoms with Gasteiger partial charge in [-0.25, -0.2) is 0 Å². The van der Waals surface area contributed by atoms with E-state index in [0.717, 1.165) is 12.8 Å². The summed E-state index contributed by atoms with van der Waals surface area (Å²) in [6.07, 6.45) is 3.41. The van der Waals surface area contributed by atoms with Gasteiger partial charge in [-0.1, -0.05) is 31.5 Å². The van der Waals surface area contributed by atoms with Crippen LogP contribution in [0.4, 0.5) is 0 Å². The van der Waals surface area contributed by atoms with E-state index in [1.807, 2.05) is 0 Å². The molecule has 0 saturated heterocycles. The minimum Gasteiger partial charge on any atom is -0.328 e. The van der Waals surface area contributed by atoms with Gasteiger partial charge in [-0.2, -0.15) is 0 Å². The van der Waals surface area contributed by atoms with Crippen molar-refractivity contribution < 1.29 is 0 Å². The van der Waals surface area contributed by atoms with E-state index in [-0.39, 0.29) is 0 Å². The molecule has 0 bridgehead atoms. The first-order valence-corrected chi connectivity index (χ1v) is 6.79. The smallest absolute Gasteiger partial charge is 0.00364 e. The van der Waals surface area contributed by atoms with Crippen LogP contribution < -0.4 is 5.73 Å². The quantitative estimate of drug-likeness (QED) is 0.809. The van der Waals surface area contributed by atoms with Crippen molar-refractivity contribution in [2.24, 2.45) is 5.73 Å². The van der Waals surface area contributed by atoms with Crippen LogP contribution in [0.5, 0.6) is 0 Å². The maximum atomic E-state index is 6.00. The van der Waals surface area contributed by atoms with Crippen LogP contribution in [0.25, 0.3) is 0 Å². The van der Waals surface area contributed by atoms with Crippen LogP contribution in [0.1, 0.15) is 61.3 Å². The van der Waals surface area contributed by atoms with Crippen LogP contribution in [0.2, 0.25) is 0 Å². The van der Waals surface area contributed by atoms with Gasteiger partial charge in [0.15, 0.2) is 0 Å². The van der Waals surface area contributed by atoms with E-state index >= 15 is 0 Å². The minimum atomic E-state index is 0.364. The highest BCUT2D eigenvalue weighted by atomic mass is 14.6. The van der Waals surface area contributed by atoms with Gasteiger partial charge >= 0.3 is 0 Å². The zero-order chi connectivity index (χ0) is 13.0. The fourth-order valence-electron chi connectivity index (χ4n) is 2.78. The predicted molar refractivity (Wildman–Crippen MR) is 76.6 cm³/mol. The van der Waals surface area contributed by atoms with Gasteiger partial charge in [0.1, 0.15) is 0 Å². The van der Waals surface area contributed by atoms with Gasteiger partial charge in [-0.3, -0.25) is 0 Å². The molecule has 0 amide bonds. The Morgan fingerprint density at radius 2 is 1.59 bits per heavy atom. The Morgan fingerprint density at radius 3 is 2.06 bits per heavy atom. The standard InChI is InChI=1S/C16H27N/c1-6-15(17)8-7-12(3)16-13(4)9-11(2)10-14(16)5/h9-10,12,15H,6-8,17H2,1-5H3. The molecule has 0 aromatic heterocycles. The van der Waals surface area contributed by atoms with Gasteiger partial charge in [-0.05, 0) is 62.6 Å². The van der Waals surface area contributed by atoms with E-state index in [9.17, 15) is 0 Å². The molecule has 0 aliphatic carbocycles. The summed E-state index contributed by atoms with van der Waals surface area (Å²) >= 11 is 0. The predicted octanol–water partition coefficient (Wildman–Crippen LogP) is 4.23. The van der Waals surface area contributed by atoms with Crippen LogP contribution in [0.3, 0.4) is 0 Å². The summed E-state index contributed by atoms with van der Waals surface area (Å²) in [5, 5.41) is 0. The molecular weight excluding hydrogens is 206 g/mol. The van der Waals surface area contributed by atoms with E-state index in [1.165, 1.54) is 28.7 Å². The average Bonchev–Trinajstić information content (AvgIpc) is 2.24. The Morgan fingerprint density at radius 1 is 1.06 bits per heavy atom. The Balaban J connectivity index is 2.78. The molecule has 1 heteroatoms. The highest BCUT2D eigenvalue weighted by molar-refractivity contribution is 5.39. The fourth-order valence-corrected chi connectivity index (χ4v) is 2.78. The number of rotatable bonds is 5. The highest BCUT2D eigenvalue weighted by Crippen LogP contribution is 2.28. The molecule has 1 aromatic rings. The lowest BCUT2D eigenvalue weighted by Crippen LogP contribution is -2.19. The lowest BCUT2D eigenvalue weighted by molar-refractivity contribution is 0.528. The van der Waals surface area contributed by atoms with Crippen molar-refractivity contribution >= 4 is 0 Å². The fraction of sp³-hybridized carbons (Fsp3) is 0.625.